The summed E-state index contributed by atoms with van der Waals surface area (Å²) in [6.45, 7) is 0.455. The van der Waals surface area contributed by atoms with Gasteiger partial charge in [-0.1, -0.05) is 24.3 Å². The van der Waals surface area contributed by atoms with Crippen LogP contribution in [-0.2, 0) is 0 Å². The lowest BCUT2D eigenvalue weighted by Crippen LogP contribution is -2.22. The van der Waals surface area contributed by atoms with E-state index in [0.717, 1.165) is 39.0 Å². The van der Waals surface area contributed by atoms with Crippen LogP contribution >= 0.6 is 0 Å². The maximum absolute atomic E-state index is 13.6. The largest absolute Gasteiger partial charge is 0.497 e. The Morgan fingerprint density at radius 3 is 2.53 bits per heavy atom. The lowest BCUT2D eigenvalue weighted by molar-refractivity contribution is 0.105. The van der Waals surface area contributed by atoms with E-state index in [2.05, 4.69) is 6.08 Å². The number of benzene rings is 3. The van der Waals surface area contributed by atoms with Crippen molar-refractivity contribution in [3.63, 3.8) is 0 Å². The van der Waals surface area contributed by atoms with Crippen LogP contribution in [0.2, 0.25) is 0 Å². The van der Waals surface area contributed by atoms with Gasteiger partial charge in [0, 0.05) is 33.7 Å². The van der Waals surface area contributed by atoms with Crippen LogP contribution in [0.4, 0.5) is 0 Å². The summed E-state index contributed by atoms with van der Waals surface area (Å²) in [4.78, 5) is 13.6. The molecule has 0 radical (unpaired) electrons. The van der Waals surface area contributed by atoms with Gasteiger partial charge < -0.3 is 23.4 Å². The number of carbonyl (C=O) groups is 1. The molecule has 2 heterocycles. The molecule has 1 unspecified atom stereocenters. The van der Waals surface area contributed by atoms with Gasteiger partial charge in [-0.25, -0.2) is 0 Å². The first kappa shape index (κ1) is 22.0. The van der Waals surface area contributed by atoms with E-state index in [1.54, 1.807) is 27.4 Å². The number of carbonyl (C=O) groups excluding carboxylic acids is 1. The Kier molecular flexibility index (Phi) is 5.29. The summed E-state index contributed by atoms with van der Waals surface area (Å²) in [6.07, 6.45) is 5.80. The number of ketones is 1. The van der Waals surface area contributed by atoms with E-state index in [1.807, 2.05) is 60.7 Å². The summed E-state index contributed by atoms with van der Waals surface area (Å²) in [5, 5.41) is 1.66. The molecule has 0 fully saturated rings. The molecular weight excluding hydrogens is 456 g/mol. The van der Waals surface area contributed by atoms with Crippen LogP contribution in [0.5, 0.6) is 23.0 Å². The molecule has 6 nitrogen and oxygen atoms in total. The van der Waals surface area contributed by atoms with Gasteiger partial charge in [-0.3, -0.25) is 4.79 Å². The SMILES string of the molecule is COc1cccc(C2=CC=c3oc4cc5c(cc4c3C2=O)OCC(c2ccc(OC)cc2OC)C=5)c1. The van der Waals surface area contributed by atoms with Crippen LogP contribution in [0.1, 0.15) is 27.4 Å². The zero-order valence-electron chi connectivity index (χ0n) is 20.2. The first-order valence-electron chi connectivity index (χ1n) is 11.6. The molecule has 1 aromatic heterocycles. The van der Waals surface area contributed by atoms with Crippen molar-refractivity contribution >= 4 is 34.5 Å². The van der Waals surface area contributed by atoms with Crippen molar-refractivity contribution in [3.05, 3.63) is 88.0 Å². The number of Topliss-reactive ketones (excluding diaryl/α,β-unsaturated/α-hetero) is 1. The standard InChI is InChI=1S/C30H24O6/c1-32-20-6-4-5-17(12-20)23-9-10-25-29(30(23)31)24-15-26-18(13-28(24)36-25)11-19(16-35-26)22-8-7-21(33-2)14-27(22)34-3/h4-15,19H,16H2,1-3H3. The van der Waals surface area contributed by atoms with E-state index in [1.165, 1.54) is 0 Å². The van der Waals surface area contributed by atoms with Crippen molar-refractivity contribution in [2.75, 3.05) is 27.9 Å². The van der Waals surface area contributed by atoms with Crippen LogP contribution in [0.15, 0.2) is 65.1 Å². The molecule has 0 saturated heterocycles. The first-order valence-corrected chi connectivity index (χ1v) is 11.6. The summed E-state index contributed by atoms with van der Waals surface area (Å²) < 4.78 is 28.5. The topological polar surface area (TPSA) is 67.1 Å². The molecule has 0 amide bonds. The fourth-order valence-corrected chi connectivity index (χ4v) is 4.90. The number of furan rings is 1. The second kappa shape index (κ2) is 8.64. The minimum atomic E-state index is -0.0833. The molecule has 1 aliphatic heterocycles. The van der Waals surface area contributed by atoms with Gasteiger partial charge in [-0.15, -0.1) is 0 Å². The Morgan fingerprint density at radius 2 is 1.72 bits per heavy atom. The summed E-state index contributed by atoms with van der Waals surface area (Å²) in [7, 11) is 4.89. The van der Waals surface area contributed by atoms with Crippen molar-refractivity contribution in [3.8, 4) is 23.0 Å². The number of methoxy groups -OCH3 is 3. The van der Waals surface area contributed by atoms with Crippen molar-refractivity contribution in [2.45, 2.75) is 5.92 Å². The Bertz CT molecular complexity index is 1670. The third-order valence-corrected chi connectivity index (χ3v) is 6.74. The smallest absolute Gasteiger partial charge is 0.198 e. The Labute approximate surface area is 207 Å². The van der Waals surface area contributed by atoms with Crippen LogP contribution in [0.25, 0.3) is 28.7 Å². The zero-order valence-corrected chi connectivity index (χ0v) is 20.2. The number of allylic oxidation sites excluding steroid dienone is 2. The average Bonchev–Trinajstić information content (AvgIpc) is 3.29. The third kappa shape index (κ3) is 3.53. The number of hydrogen-bond donors (Lipinski definition) is 0. The molecular formula is C30H24O6. The van der Waals surface area contributed by atoms with Crippen LogP contribution < -0.4 is 29.6 Å². The van der Waals surface area contributed by atoms with Gasteiger partial charge in [0.1, 0.15) is 34.0 Å². The normalized spacial score (nSPS) is 16.1. The number of ether oxygens (including phenoxy) is 4. The summed E-state index contributed by atoms with van der Waals surface area (Å²) in [5.74, 6) is 2.81. The van der Waals surface area contributed by atoms with E-state index in [-0.39, 0.29) is 11.7 Å². The molecule has 4 aromatic rings. The van der Waals surface area contributed by atoms with Gasteiger partial charge in [-0.05, 0) is 48.0 Å². The molecule has 0 spiro atoms. The van der Waals surface area contributed by atoms with Crippen molar-refractivity contribution < 1.29 is 28.2 Å². The minimum Gasteiger partial charge on any atom is -0.497 e. The molecule has 1 aliphatic carbocycles. The van der Waals surface area contributed by atoms with E-state index < -0.39 is 0 Å². The number of rotatable bonds is 5. The Balaban J connectivity index is 1.41. The average molecular weight is 481 g/mol. The van der Waals surface area contributed by atoms with Crippen LogP contribution in [0, 0.1) is 0 Å². The van der Waals surface area contributed by atoms with E-state index in [0.29, 0.717) is 34.5 Å². The highest BCUT2D eigenvalue weighted by Crippen LogP contribution is 2.35. The summed E-state index contributed by atoms with van der Waals surface area (Å²) in [6, 6.07) is 17.1. The predicted molar refractivity (Wildman–Crippen MR) is 137 cm³/mol. The van der Waals surface area contributed by atoms with E-state index >= 15 is 0 Å². The quantitative estimate of drug-likeness (QED) is 0.420. The molecule has 2 aliphatic rings. The van der Waals surface area contributed by atoms with Gasteiger partial charge in [-0.2, -0.15) is 0 Å². The van der Waals surface area contributed by atoms with Gasteiger partial charge in [0.05, 0.1) is 33.5 Å². The maximum Gasteiger partial charge on any atom is 0.198 e. The highest BCUT2D eigenvalue weighted by Gasteiger charge is 2.26. The third-order valence-electron chi connectivity index (χ3n) is 6.74. The molecule has 0 N–H and O–H groups in total. The summed E-state index contributed by atoms with van der Waals surface area (Å²) in [5.41, 5.74) is 4.16. The van der Waals surface area contributed by atoms with Gasteiger partial charge in [0.15, 0.2) is 5.78 Å². The van der Waals surface area contributed by atoms with E-state index in [4.69, 9.17) is 23.4 Å². The molecule has 6 rings (SSSR count). The van der Waals surface area contributed by atoms with Crippen molar-refractivity contribution in [1.82, 2.24) is 0 Å². The highest BCUT2D eigenvalue weighted by atomic mass is 16.5. The number of hydrogen-bond acceptors (Lipinski definition) is 6. The second-order valence-corrected chi connectivity index (χ2v) is 8.73. The first-order chi connectivity index (χ1) is 17.6. The fraction of sp³-hybridized carbons (Fsp3) is 0.167. The zero-order chi connectivity index (χ0) is 24.8. The Hall–Kier alpha value is -4.45. The molecule has 180 valence electrons. The molecule has 0 saturated carbocycles. The lowest BCUT2D eigenvalue weighted by atomic mass is 9.91. The fourth-order valence-electron chi connectivity index (χ4n) is 4.90. The monoisotopic (exact) mass is 480 g/mol. The maximum atomic E-state index is 13.6. The molecule has 0 bridgehead atoms. The van der Waals surface area contributed by atoms with Crippen LogP contribution in [0.3, 0.4) is 0 Å². The molecule has 1 atom stereocenters. The Morgan fingerprint density at radius 1 is 0.889 bits per heavy atom. The molecule has 6 heteroatoms. The number of fused-ring (bicyclic) bond motifs is 4. The lowest BCUT2D eigenvalue weighted by Gasteiger charge is -2.22. The van der Waals surface area contributed by atoms with Gasteiger partial charge in [0.2, 0.25) is 0 Å². The van der Waals surface area contributed by atoms with E-state index in [9.17, 15) is 4.79 Å². The van der Waals surface area contributed by atoms with Gasteiger partial charge in [0.25, 0.3) is 0 Å². The van der Waals surface area contributed by atoms with Crippen LogP contribution in [-0.4, -0.2) is 33.7 Å². The van der Waals surface area contributed by atoms with Gasteiger partial charge >= 0.3 is 0 Å². The predicted octanol–water partition coefficient (Wildman–Crippen LogP) is 4.48. The highest BCUT2D eigenvalue weighted by molar-refractivity contribution is 6.34. The minimum absolute atomic E-state index is 0.00471. The van der Waals surface area contributed by atoms with Crippen molar-refractivity contribution in [2.24, 2.45) is 0 Å². The molecule has 3 aromatic carbocycles. The molecule has 36 heavy (non-hydrogen) atoms. The van der Waals surface area contributed by atoms with Crippen molar-refractivity contribution in [1.29, 1.82) is 0 Å². The summed E-state index contributed by atoms with van der Waals surface area (Å²) >= 11 is 0. The second-order valence-electron chi connectivity index (χ2n) is 8.73.